The highest BCUT2D eigenvalue weighted by Crippen LogP contribution is 2.25. The molecule has 2 nitrogen and oxygen atoms in total. The van der Waals surface area contributed by atoms with Crippen LogP contribution in [0.25, 0.3) is 0 Å². The van der Waals surface area contributed by atoms with Crippen LogP contribution in [0.15, 0.2) is 38.6 Å². The molecule has 0 aliphatic heterocycles. The molecule has 2 rings (SSSR count). The topological polar surface area (TPSA) is 20.3 Å². The maximum absolute atomic E-state index is 13.5. The Morgan fingerprint density at radius 2 is 2.05 bits per heavy atom. The smallest absolute Gasteiger partial charge is 0.255 e. The lowest BCUT2D eigenvalue weighted by molar-refractivity contribution is 0.0752. The molecule has 1 amide bonds. The molecule has 1 aromatic heterocycles. The fraction of sp³-hybridized carbons (Fsp3) is 0.214. The standard InChI is InChI=1S/C14H12Br2FNOS/c1-2-18(8-9-6-7-12(15)20-9)14(19)10-4-3-5-11(17)13(10)16/h3-7H,2,8H2,1H3. The summed E-state index contributed by atoms with van der Waals surface area (Å²) in [6.07, 6.45) is 0. The summed E-state index contributed by atoms with van der Waals surface area (Å²) in [5, 5.41) is 0. The minimum absolute atomic E-state index is 0.177. The molecule has 2 aromatic rings. The summed E-state index contributed by atoms with van der Waals surface area (Å²) in [6.45, 7) is 3.00. The molecule has 0 aliphatic rings. The van der Waals surface area contributed by atoms with Crippen molar-refractivity contribution in [3.8, 4) is 0 Å². The molecule has 0 radical (unpaired) electrons. The van der Waals surface area contributed by atoms with Gasteiger partial charge in [-0.2, -0.15) is 0 Å². The molecule has 1 aromatic carbocycles. The molecule has 0 saturated carbocycles. The lowest BCUT2D eigenvalue weighted by atomic mass is 10.2. The van der Waals surface area contributed by atoms with Crippen LogP contribution in [0.3, 0.4) is 0 Å². The van der Waals surface area contributed by atoms with E-state index in [0.717, 1.165) is 8.66 Å². The molecule has 106 valence electrons. The summed E-state index contributed by atoms with van der Waals surface area (Å²) < 4.78 is 14.8. The zero-order valence-corrected chi connectivity index (χ0v) is 14.7. The van der Waals surface area contributed by atoms with Crippen molar-refractivity contribution >= 4 is 49.1 Å². The van der Waals surface area contributed by atoms with Crippen LogP contribution in [-0.2, 0) is 6.54 Å². The number of nitrogens with zero attached hydrogens (tertiary/aromatic N) is 1. The van der Waals surface area contributed by atoms with Gasteiger partial charge >= 0.3 is 0 Å². The molecule has 0 unspecified atom stereocenters. The van der Waals surface area contributed by atoms with Crippen LogP contribution < -0.4 is 0 Å². The Hall–Kier alpha value is -0.720. The van der Waals surface area contributed by atoms with Crippen molar-refractivity contribution in [3.05, 3.63) is 54.8 Å². The molecule has 0 saturated heterocycles. The first-order valence-electron chi connectivity index (χ1n) is 6.00. The molecule has 6 heteroatoms. The lowest BCUT2D eigenvalue weighted by Crippen LogP contribution is -2.30. The predicted octanol–water partition coefficient (Wildman–Crippen LogP) is 5.07. The summed E-state index contributed by atoms with van der Waals surface area (Å²) in [5.74, 6) is -0.603. The van der Waals surface area contributed by atoms with Crippen molar-refractivity contribution in [2.45, 2.75) is 13.5 Å². The van der Waals surface area contributed by atoms with Gasteiger partial charge in [0, 0.05) is 11.4 Å². The van der Waals surface area contributed by atoms with E-state index >= 15 is 0 Å². The highest BCUT2D eigenvalue weighted by Gasteiger charge is 2.19. The highest BCUT2D eigenvalue weighted by atomic mass is 79.9. The number of halogens is 3. The molecule has 0 fully saturated rings. The van der Waals surface area contributed by atoms with Gasteiger partial charge in [-0.25, -0.2) is 4.39 Å². The largest absolute Gasteiger partial charge is 0.334 e. The van der Waals surface area contributed by atoms with Gasteiger partial charge in [-0.3, -0.25) is 4.79 Å². The predicted molar refractivity (Wildman–Crippen MR) is 86.5 cm³/mol. The molecular weight excluding hydrogens is 409 g/mol. The third-order valence-corrected chi connectivity index (χ3v) is 5.24. The van der Waals surface area contributed by atoms with E-state index in [9.17, 15) is 9.18 Å². The summed E-state index contributed by atoms with van der Waals surface area (Å²) in [5.41, 5.74) is 0.350. The normalized spacial score (nSPS) is 10.6. The summed E-state index contributed by atoms with van der Waals surface area (Å²) in [7, 11) is 0. The first-order chi connectivity index (χ1) is 9.52. The Kier molecular flexibility index (Phi) is 5.35. The quantitative estimate of drug-likeness (QED) is 0.675. The van der Waals surface area contributed by atoms with Crippen LogP contribution >= 0.6 is 43.2 Å². The van der Waals surface area contributed by atoms with Gasteiger partial charge in [-0.1, -0.05) is 6.07 Å². The molecule has 0 N–H and O–H groups in total. The third-order valence-electron chi connectivity index (χ3n) is 2.83. The lowest BCUT2D eigenvalue weighted by Gasteiger charge is -2.21. The summed E-state index contributed by atoms with van der Waals surface area (Å²) >= 11 is 8.13. The van der Waals surface area contributed by atoms with Gasteiger partial charge in [0.15, 0.2) is 0 Å². The van der Waals surface area contributed by atoms with Crippen molar-refractivity contribution in [1.29, 1.82) is 0 Å². The zero-order valence-electron chi connectivity index (χ0n) is 10.7. The van der Waals surface area contributed by atoms with Gasteiger partial charge in [0.2, 0.25) is 0 Å². The number of hydrogen-bond acceptors (Lipinski definition) is 2. The van der Waals surface area contributed by atoms with Gasteiger partial charge in [0.1, 0.15) is 5.82 Å². The van der Waals surface area contributed by atoms with Crippen LogP contribution in [0, 0.1) is 5.82 Å². The molecule has 0 bridgehead atoms. The summed E-state index contributed by atoms with van der Waals surface area (Å²) in [6, 6.07) is 8.43. The van der Waals surface area contributed by atoms with Crippen LogP contribution in [0.2, 0.25) is 0 Å². The number of carbonyl (C=O) groups is 1. The Morgan fingerprint density at radius 3 is 2.65 bits per heavy atom. The second-order valence-corrected chi connectivity index (χ2v) is 7.47. The number of hydrogen-bond donors (Lipinski definition) is 0. The average molecular weight is 421 g/mol. The fourth-order valence-electron chi connectivity index (χ4n) is 1.79. The third kappa shape index (κ3) is 3.48. The zero-order chi connectivity index (χ0) is 14.7. The van der Waals surface area contributed by atoms with Crippen molar-refractivity contribution in [1.82, 2.24) is 4.90 Å². The van der Waals surface area contributed by atoms with E-state index in [1.165, 1.54) is 6.07 Å². The van der Waals surface area contributed by atoms with E-state index in [1.54, 1.807) is 28.4 Å². The maximum Gasteiger partial charge on any atom is 0.255 e. The molecule has 0 spiro atoms. The first kappa shape index (κ1) is 15.7. The Balaban J connectivity index is 2.23. The molecule has 0 aliphatic carbocycles. The number of benzene rings is 1. The number of amides is 1. The minimum Gasteiger partial charge on any atom is -0.334 e. The van der Waals surface area contributed by atoms with Gasteiger partial charge in [0.25, 0.3) is 5.91 Å². The first-order valence-corrected chi connectivity index (χ1v) is 8.40. The van der Waals surface area contributed by atoms with Crippen molar-refractivity contribution in [2.24, 2.45) is 0 Å². The Labute approximate surface area is 137 Å². The second kappa shape index (κ2) is 6.83. The Bertz CT molecular complexity index is 629. The number of rotatable bonds is 4. The van der Waals surface area contributed by atoms with E-state index < -0.39 is 5.82 Å². The molecule has 1 heterocycles. The van der Waals surface area contributed by atoms with Crippen molar-refractivity contribution < 1.29 is 9.18 Å². The van der Waals surface area contributed by atoms with E-state index in [2.05, 4.69) is 31.9 Å². The minimum atomic E-state index is -0.425. The van der Waals surface area contributed by atoms with E-state index in [0.29, 0.717) is 18.7 Å². The van der Waals surface area contributed by atoms with Gasteiger partial charge in [0.05, 0.1) is 20.4 Å². The van der Waals surface area contributed by atoms with Crippen LogP contribution in [-0.4, -0.2) is 17.4 Å². The van der Waals surface area contributed by atoms with E-state index in [1.807, 2.05) is 19.1 Å². The molecule has 0 atom stereocenters. The summed E-state index contributed by atoms with van der Waals surface area (Å²) in [4.78, 5) is 15.3. The second-order valence-electron chi connectivity index (χ2n) is 4.13. The van der Waals surface area contributed by atoms with Crippen LogP contribution in [0.5, 0.6) is 0 Å². The van der Waals surface area contributed by atoms with E-state index in [-0.39, 0.29) is 10.4 Å². The van der Waals surface area contributed by atoms with Crippen molar-refractivity contribution in [3.63, 3.8) is 0 Å². The Morgan fingerprint density at radius 1 is 1.30 bits per heavy atom. The monoisotopic (exact) mass is 419 g/mol. The molecule has 20 heavy (non-hydrogen) atoms. The average Bonchev–Trinajstić information content (AvgIpc) is 2.84. The van der Waals surface area contributed by atoms with Crippen LogP contribution in [0.4, 0.5) is 4.39 Å². The SMILES string of the molecule is CCN(Cc1ccc(Br)s1)C(=O)c1cccc(F)c1Br. The maximum atomic E-state index is 13.5. The van der Waals surface area contributed by atoms with Crippen LogP contribution in [0.1, 0.15) is 22.2 Å². The fourth-order valence-corrected chi connectivity index (χ4v) is 3.72. The van der Waals surface area contributed by atoms with Crippen molar-refractivity contribution in [2.75, 3.05) is 6.54 Å². The number of carbonyl (C=O) groups excluding carboxylic acids is 1. The van der Waals surface area contributed by atoms with Gasteiger partial charge < -0.3 is 4.90 Å². The molecular formula is C14H12Br2FNOS. The number of thiophene rings is 1. The van der Waals surface area contributed by atoms with Gasteiger partial charge in [-0.15, -0.1) is 11.3 Å². The highest BCUT2D eigenvalue weighted by molar-refractivity contribution is 9.11. The van der Waals surface area contributed by atoms with Gasteiger partial charge in [-0.05, 0) is 63.0 Å². The van der Waals surface area contributed by atoms with E-state index in [4.69, 9.17) is 0 Å².